The summed E-state index contributed by atoms with van der Waals surface area (Å²) < 4.78 is 0. The molecule has 1 rings (SSSR count). The van der Waals surface area contributed by atoms with Crippen LogP contribution in [-0.2, 0) is 4.79 Å². The maximum absolute atomic E-state index is 11.9. The van der Waals surface area contributed by atoms with Crippen LogP contribution >= 0.6 is 11.3 Å². The number of nitrogens with zero attached hydrogens (tertiary/aromatic N) is 3. The molecule has 1 aromatic heterocycles. The topological polar surface area (TPSA) is 56.7 Å². The van der Waals surface area contributed by atoms with Crippen LogP contribution in [0.1, 0.15) is 6.92 Å². The molecule has 16 heavy (non-hydrogen) atoms. The van der Waals surface area contributed by atoms with Crippen LogP contribution in [0.25, 0.3) is 0 Å². The second-order valence-corrected chi connectivity index (χ2v) is 4.23. The molecule has 0 aliphatic rings. The standard InChI is InChI=1S/C10H17N3O2S/c1-3-13(5-6-14)8-9(15)12(2)10-11-4-7-16-10/h4,7,14H,3,5-6,8H2,1-2H3. The van der Waals surface area contributed by atoms with Crippen LogP contribution in [0.15, 0.2) is 11.6 Å². The van der Waals surface area contributed by atoms with Gasteiger partial charge in [-0.05, 0) is 6.54 Å². The van der Waals surface area contributed by atoms with Gasteiger partial charge in [-0.2, -0.15) is 0 Å². The van der Waals surface area contributed by atoms with E-state index in [1.807, 2.05) is 17.2 Å². The molecule has 0 saturated carbocycles. The predicted molar refractivity (Wildman–Crippen MR) is 64.7 cm³/mol. The predicted octanol–water partition coefficient (Wildman–Crippen LogP) is 0.420. The van der Waals surface area contributed by atoms with E-state index in [2.05, 4.69) is 4.98 Å². The zero-order chi connectivity index (χ0) is 12.0. The molecule has 0 aliphatic heterocycles. The SMILES string of the molecule is CCN(CCO)CC(=O)N(C)c1nccs1. The van der Waals surface area contributed by atoms with Crippen LogP contribution < -0.4 is 4.90 Å². The van der Waals surface area contributed by atoms with E-state index >= 15 is 0 Å². The maximum atomic E-state index is 11.9. The fourth-order valence-corrected chi connectivity index (χ4v) is 1.90. The largest absolute Gasteiger partial charge is 0.395 e. The highest BCUT2D eigenvalue weighted by atomic mass is 32.1. The number of hydrogen-bond acceptors (Lipinski definition) is 5. The van der Waals surface area contributed by atoms with Gasteiger partial charge in [-0.15, -0.1) is 11.3 Å². The lowest BCUT2D eigenvalue weighted by molar-refractivity contribution is -0.119. The average molecular weight is 243 g/mol. The van der Waals surface area contributed by atoms with E-state index in [9.17, 15) is 4.79 Å². The van der Waals surface area contributed by atoms with E-state index in [1.165, 1.54) is 11.3 Å². The van der Waals surface area contributed by atoms with Gasteiger partial charge in [0.25, 0.3) is 0 Å². The summed E-state index contributed by atoms with van der Waals surface area (Å²) in [5, 5.41) is 11.4. The van der Waals surface area contributed by atoms with Gasteiger partial charge >= 0.3 is 0 Å². The van der Waals surface area contributed by atoms with Crippen molar-refractivity contribution in [2.75, 3.05) is 38.2 Å². The first-order chi connectivity index (χ1) is 7.69. The van der Waals surface area contributed by atoms with Gasteiger partial charge in [-0.25, -0.2) is 4.98 Å². The Morgan fingerprint density at radius 3 is 2.88 bits per heavy atom. The van der Waals surface area contributed by atoms with Crippen LogP contribution in [0, 0.1) is 0 Å². The number of hydrogen-bond donors (Lipinski definition) is 1. The zero-order valence-electron chi connectivity index (χ0n) is 9.59. The van der Waals surface area contributed by atoms with Gasteiger partial charge < -0.3 is 5.11 Å². The molecule has 0 radical (unpaired) electrons. The van der Waals surface area contributed by atoms with Crippen molar-refractivity contribution < 1.29 is 9.90 Å². The fraction of sp³-hybridized carbons (Fsp3) is 0.600. The summed E-state index contributed by atoms with van der Waals surface area (Å²) in [6, 6.07) is 0. The molecular formula is C10H17N3O2S. The highest BCUT2D eigenvalue weighted by molar-refractivity contribution is 7.13. The van der Waals surface area contributed by atoms with Crippen molar-refractivity contribution in [2.45, 2.75) is 6.92 Å². The molecular weight excluding hydrogens is 226 g/mol. The molecule has 90 valence electrons. The third-order valence-corrected chi connectivity index (χ3v) is 3.15. The van der Waals surface area contributed by atoms with E-state index in [4.69, 9.17) is 5.11 Å². The summed E-state index contributed by atoms with van der Waals surface area (Å²) in [6.45, 7) is 3.62. The Morgan fingerprint density at radius 2 is 2.38 bits per heavy atom. The maximum Gasteiger partial charge on any atom is 0.242 e. The lowest BCUT2D eigenvalue weighted by Crippen LogP contribution is -2.39. The first-order valence-corrected chi connectivity index (χ1v) is 6.06. The monoisotopic (exact) mass is 243 g/mol. The zero-order valence-corrected chi connectivity index (χ0v) is 10.4. The number of aliphatic hydroxyl groups is 1. The summed E-state index contributed by atoms with van der Waals surface area (Å²) in [5.74, 6) is -0.00903. The van der Waals surface area contributed by atoms with Gasteiger partial charge in [0.15, 0.2) is 5.13 Å². The van der Waals surface area contributed by atoms with Crippen molar-refractivity contribution in [3.63, 3.8) is 0 Å². The minimum absolute atomic E-state index is 0.00903. The summed E-state index contributed by atoms with van der Waals surface area (Å²) in [7, 11) is 1.72. The van der Waals surface area contributed by atoms with Gasteiger partial charge in [0.05, 0.1) is 13.2 Å². The fourth-order valence-electron chi connectivity index (χ4n) is 1.28. The quantitative estimate of drug-likeness (QED) is 0.787. The van der Waals surface area contributed by atoms with Crippen LogP contribution in [-0.4, -0.2) is 54.2 Å². The Morgan fingerprint density at radius 1 is 1.62 bits per heavy atom. The molecule has 1 aromatic rings. The summed E-state index contributed by atoms with van der Waals surface area (Å²) in [5.41, 5.74) is 0. The summed E-state index contributed by atoms with van der Waals surface area (Å²) >= 11 is 1.43. The molecule has 0 unspecified atom stereocenters. The lowest BCUT2D eigenvalue weighted by Gasteiger charge is -2.21. The highest BCUT2D eigenvalue weighted by Crippen LogP contribution is 2.15. The van der Waals surface area contributed by atoms with Gasteiger partial charge in [-0.3, -0.25) is 14.6 Å². The van der Waals surface area contributed by atoms with E-state index in [0.717, 1.165) is 6.54 Å². The van der Waals surface area contributed by atoms with Crippen molar-refractivity contribution in [1.29, 1.82) is 0 Å². The van der Waals surface area contributed by atoms with Gasteiger partial charge in [0.2, 0.25) is 5.91 Å². The van der Waals surface area contributed by atoms with Crippen LogP contribution in [0.4, 0.5) is 5.13 Å². The third-order valence-electron chi connectivity index (χ3n) is 2.30. The number of aromatic nitrogens is 1. The number of amides is 1. The first-order valence-electron chi connectivity index (χ1n) is 5.18. The molecule has 6 heteroatoms. The first kappa shape index (κ1) is 13.1. The molecule has 5 nitrogen and oxygen atoms in total. The van der Waals surface area contributed by atoms with E-state index in [0.29, 0.717) is 18.2 Å². The molecule has 0 spiro atoms. The summed E-state index contributed by atoms with van der Waals surface area (Å²) in [6.07, 6.45) is 1.68. The molecule has 0 atom stereocenters. The normalized spacial score (nSPS) is 10.8. The van der Waals surface area contributed by atoms with Crippen molar-refractivity contribution >= 4 is 22.4 Å². The Kier molecular flexibility index (Phi) is 5.37. The Bertz CT molecular complexity index is 316. The molecule has 0 bridgehead atoms. The van der Waals surface area contributed by atoms with E-state index in [-0.39, 0.29) is 12.5 Å². The Hall–Kier alpha value is -0.980. The molecule has 1 amide bonds. The third kappa shape index (κ3) is 3.55. The van der Waals surface area contributed by atoms with Crippen LogP contribution in [0.2, 0.25) is 0 Å². The Labute approximate surface area is 99.3 Å². The minimum atomic E-state index is -0.00903. The molecule has 0 fully saturated rings. The number of likely N-dealkylation sites (N-methyl/N-ethyl adjacent to an activating group) is 2. The molecule has 0 saturated heterocycles. The smallest absolute Gasteiger partial charge is 0.242 e. The number of aliphatic hydroxyl groups excluding tert-OH is 1. The lowest BCUT2D eigenvalue weighted by atomic mass is 10.4. The number of carbonyl (C=O) groups excluding carboxylic acids is 1. The molecule has 0 aromatic carbocycles. The van der Waals surface area contributed by atoms with Gasteiger partial charge in [-0.1, -0.05) is 6.92 Å². The van der Waals surface area contributed by atoms with Gasteiger partial charge in [0, 0.05) is 25.2 Å². The summed E-state index contributed by atoms with van der Waals surface area (Å²) in [4.78, 5) is 19.4. The number of rotatable bonds is 6. The Balaban J connectivity index is 2.51. The average Bonchev–Trinajstić information content (AvgIpc) is 2.80. The molecule has 1 N–H and O–H groups in total. The second-order valence-electron chi connectivity index (χ2n) is 3.36. The van der Waals surface area contributed by atoms with Crippen molar-refractivity contribution in [3.05, 3.63) is 11.6 Å². The highest BCUT2D eigenvalue weighted by Gasteiger charge is 2.15. The van der Waals surface area contributed by atoms with Crippen molar-refractivity contribution in [3.8, 4) is 0 Å². The van der Waals surface area contributed by atoms with Crippen molar-refractivity contribution in [1.82, 2.24) is 9.88 Å². The minimum Gasteiger partial charge on any atom is -0.395 e. The second kappa shape index (κ2) is 6.57. The van der Waals surface area contributed by atoms with Crippen molar-refractivity contribution in [2.24, 2.45) is 0 Å². The van der Waals surface area contributed by atoms with E-state index in [1.54, 1.807) is 18.1 Å². The van der Waals surface area contributed by atoms with Gasteiger partial charge in [0.1, 0.15) is 0 Å². The number of thiazole rings is 1. The van der Waals surface area contributed by atoms with Crippen LogP contribution in [0.3, 0.4) is 0 Å². The van der Waals surface area contributed by atoms with E-state index < -0.39 is 0 Å². The molecule has 0 aliphatic carbocycles. The molecule has 1 heterocycles. The number of carbonyl (C=O) groups is 1. The van der Waals surface area contributed by atoms with Crippen LogP contribution in [0.5, 0.6) is 0 Å². The number of anilines is 1.